The fourth-order valence-corrected chi connectivity index (χ4v) is 3.70. The number of likely N-dealkylation sites (tertiary alicyclic amines) is 1. The van der Waals surface area contributed by atoms with Gasteiger partial charge in [0.2, 0.25) is 5.91 Å². The van der Waals surface area contributed by atoms with Crippen molar-refractivity contribution in [1.82, 2.24) is 4.90 Å². The van der Waals surface area contributed by atoms with Gasteiger partial charge >= 0.3 is 0 Å². The lowest BCUT2D eigenvalue weighted by Gasteiger charge is -2.32. The first-order chi connectivity index (χ1) is 12.5. The van der Waals surface area contributed by atoms with Crippen molar-refractivity contribution in [3.05, 3.63) is 63.4 Å². The first-order valence-electron chi connectivity index (χ1n) is 8.67. The maximum absolute atomic E-state index is 14.0. The third-order valence-corrected chi connectivity index (χ3v) is 5.61. The summed E-state index contributed by atoms with van der Waals surface area (Å²) in [5, 5.41) is 4.03. The molecule has 6 heteroatoms. The van der Waals surface area contributed by atoms with E-state index in [1.807, 2.05) is 19.1 Å². The molecule has 138 valence electrons. The number of rotatable bonds is 4. The minimum Gasteiger partial charge on any atom is -0.326 e. The molecule has 0 aliphatic carbocycles. The van der Waals surface area contributed by atoms with Crippen LogP contribution < -0.4 is 5.32 Å². The summed E-state index contributed by atoms with van der Waals surface area (Å²) in [5.74, 6) is -0.481. The molecule has 1 unspecified atom stereocenters. The molecule has 3 rings (SSSR count). The van der Waals surface area contributed by atoms with Gasteiger partial charge in [-0.2, -0.15) is 0 Å². The second-order valence-corrected chi connectivity index (χ2v) is 7.49. The van der Waals surface area contributed by atoms with Crippen LogP contribution >= 0.6 is 23.2 Å². The van der Waals surface area contributed by atoms with Gasteiger partial charge in [0.05, 0.1) is 5.92 Å². The van der Waals surface area contributed by atoms with Crippen LogP contribution in [0.25, 0.3) is 0 Å². The molecular weight excluding hydrogens is 374 g/mol. The number of anilines is 1. The molecule has 0 radical (unpaired) electrons. The van der Waals surface area contributed by atoms with Gasteiger partial charge in [-0.3, -0.25) is 9.69 Å². The number of hydrogen-bond acceptors (Lipinski definition) is 2. The highest BCUT2D eigenvalue weighted by Crippen LogP contribution is 2.27. The molecule has 2 aromatic rings. The SMILES string of the molecule is Cc1c(Cl)cccc1NC(=O)C1CCCN(Cc2c(F)cccc2Cl)C1. The summed E-state index contributed by atoms with van der Waals surface area (Å²) in [5.41, 5.74) is 2.08. The highest BCUT2D eigenvalue weighted by atomic mass is 35.5. The number of nitrogens with one attached hydrogen (secondary N) is 1. The number of carbonyl (C=O) groups excluding carboxylic acids is 1. The molecule has 1 N–H and O–H groups in total. The average molecular weight is 395 g/mol. The summed E-state index contributed by atoms with van der Waals surface area (Å²) < 4.78 is 14.0. The van der Waals surface area contributed by atoms with E-state index >= 15 is 0 Å². The second kappa shape index (κ2) is 8.38. The number of carbonyl (C=O) groups is 1. The Balaban J connectivity index is 1.66. The molecule has 26 heavy (non-hydrogen) atoms. The predicted octanol–water partition coefficient (Wildman–Crippen LogP) is 5.29. The number of amides is 1. The zero-order chi connectivity index (χ0) is 18.7. The smallest absolute Gasteiger partial charge is 0.228 e. The van der Waals surface area contributed by atoms with E-state index in [2.05, 4.69) is 10.2 Å². The lowest BCUT2D eigenvalue weighted by atomic mass is 9.96. The van der Waals surface area contributed by atoms with E-state index in [-0.39, 0.29) is 17.6 Å². The van der Waals surface area contributed by atoms with E-state index in [1.165, 1.54) is 6.07 Å². The van der Waals surface area contributed by atoms with E-state index in [1.54, 1.807) is 18.2 Å². The van der Waals surface area contributed by atoms with Crippen molar-refractivity contribution in [3.63, 3.8) is 0 Å². The first-order valence-corrected chi connectivity index (χ1v) is 9.42. The van der Waals surface area contributed by atoms with Gasteiger partial charge in [0, 0.05) is 34.4 Å². The summed E-state index contributed by atoms with van der Waals surface area (Å²) in [6.07, 6.45) is 1.70. The summed E-state index contributed by atoms with van der Waals surface area (Å²) in [6.45, 7) is 3.69. The molecule has 0 bridgehead atoms. The Kier molecular flexibility index (Phi) is 6.17. The number of piperidine rings is 1. The van der Waals surface area contributed by atoms with Crippen molar-refractivity contribution >= 4 is 34.8 Å². The highest BCUT2D eigenvalue weighted by Gasteiger charge is 2.27. The zero-order valence-electron chi connectivity index (χ0n) is 14.6. The van der Waals surface area contributed by atoms with E-state index in [0.717, 1.165) is 30.6 Å². The van der Waals surface area contributed by atoms with Crippen molar-refractivity contribution in [1.29, 1.82) is 0 Å². The molecule has 0 saturated carbocycles. The molecule has 3 nitrogen and oxygen atoms in total. The van der Waals surface area contributed by atoms with E-state index in [0.29, 0.717) is 28.7 Å². The molecule has 1 amide bonds. The maximum atomic E-state index is 14.0. The van der Waals surface area contributed by atoms with Gasteiger partial charge in [-0.25, -0.2) is 4.39 Å². The number of hydrogen-bond donors (Lipinski definition) is 1. The quantitative estimate of drug-likeness (QED) is 0.763. The van der Waals surface area contributed by atoms with Crippen molar-refractivity contribution in [2.75, 3.05) is 18.4 Å². The summed E-state index contributed by atoms with van der Waals surface area (Å²) in [4.78, 5) is 14.8. The fraction of sp³-hybridized carbons (Fsp3) is 0.350. The first kappa shape index (κ1) is 19.2. The minimum absolute atomic E-state index is 0.0281. The van der Waals surface area contributed by atoms with Gasteiger partial charge in [-0.1, -0.05) is 35.3 Å². The molecule has 1 aliphatic rings. The summed E-state index contributed by atoms with van der Waals surface area (Å²) >= 11 is 12.2. The van der Waals surface area contributed by atoms with Crippen molar-refractivity contribution in [2.24, 2.45) is 5.92 Å². The van der Waals surface area contributed by atoms with E-state index < -0.39 is 0 Å². The van der Waals surface area contributed by atoms with Crippen LogP contribution in [0.15, 0.2) is 36.4 Å². The largest absolute Gasteiger partial charge is 0.326 e. The molecule has 1 aliphatic heterocycles. The Morgan fingerprint density at radius 3 is 2.73 bits per heavy atom. The van der Waals surface area contributed by atoms with Crippen LogP contribution in [0.3, 0.4) is 0 Å². The molecule has 1 heterocycles. The Morgan fingerprint density at radius 1 is 1.23 bits per heavy atom. The Labute approximate surface area is 163 Å². The summed E-state index contributed by atoms with van der Waals surface area (Å²) in [6, 6.07) is 10.2. The van der Waals surface area contributed by atoms with Gasteiger partial charge < -0.3 is 5.32 Å². The van der Waals surface area contributed by atoms with Crippen molar-refractivity contribution in [3.8, 4) is 0 Å². The Morgan fingerprint density at radius 2 is 1.96 bits per heavy atom. The molecule has 2 aromatic carbocycles. The van der Waals surface area contributed by atoms with Crippen LogP contribution in [0.2, 0.25) is 10.0 Å². The van der Waals surface area contributed by atoms with Gasteiger partial charge in [0.1, 0.15) is 5.82 Å². The lowest BCUT2D eigenvalue weighted by Crippen LogP contribution is -2.40. The molecule has 1 saturated heterocycles. The van der Waals surface area contributed by atoms with Crippen LogP contribution in [0.5, 0.6) is 0 Å². The molecule has 0 aromatic heterocycles. The van der Waals surface area contributed by atoms with Gasteiger partial charge in [0.15, 0.2) is 0 Å². The molecule has 1 fully saturated rings. The Hall–Kier alpha value is -1.62. The molecule has 0 spiro atoms. The topological polar surface area (TPSA) is 32.3 Å². The maximum Gasteiger partial charge on any atom is 0.228 e. The Bertz CT molecular complexity index is 792. The van der Waals surface area contributed by atoms with Crippen molar-refractivity contribution in [2.45, 2.75) is 26.3 Å². The van der Waals surface area contributed by atoms with Gasteiger partial charge in [-0.15, -0.1) is 0 Å². The van der Waals surface area contributed by atoms with Crippen molar-refractivity contribution < 1.29 is 9.18 Å². The van der Waals surface area contributed by atoms with Crippen LogP contribution in [0.1, 0.15) is 24.0 Å². The second-order valence-electron chi connectivity index (χ2n) is 6.68. The van der Waals surface area contributed by atoms with Crippen LogP contribution in [-0.2, 0) is 11.3 Å². The standard InChI is InChI=1S/C20H21Cl2FN2O/c1-13-16(21)6-3-9-19(13)24-20(26)14-5-4-10-25(11-14)12-15-17(22)7-2-8-18(15)23/h2-3,6-9,14H,4-5,10-12H2,1H3,(H,24,26). The molecular formula is C20H21Cl2FN2O. The number of halogens is 3. The normalized spacial score (nSPS) is 17.9. The van der Waals surface area contributed by atoms with Gasteiger partial charge in [-0.05, 0) is 56.1 Å². The van der Waals surface area contributed by atoms with Crippen LogP contribution in [0.4, 0.5) is 10.1 Å². The zero-order valence-corrected chi connectivity index (χ0v) is 16.1. The van der Waals surface area contributed by atoms with Crippen LogP contribution in [-0.4, -0.2) is 23.9 Å². The van der Waals surface area contributed by atoms with Crippen LogP contribution in [0, 0.1) is 18.7 Å². The number of benzene rings is 2. The molecule has 1 atom stereocenters. The summed E-state index contributed by atoms with van der Waals surface area (Å²) in [7, 11) is 0. The third kappa shape index (κ3) is 4.37. The monoisotopic (exact) mass is 394 g/mol. The number of nitrogens with zero attached hydrogens (tertiary/aromatic N) is 1. The third-order valence-electron chi connectivity index (χ3n) is 4.85. The predicted molar refractivity (Wildman–Crippen MR) is 104 cm³/mol. The fourth-order valence-electron chi connectivity index (χ4n) is 3.30. The van der Waals surface area contributed by atoms with E-state index in [9.17, 15) is 9.18 Å². The average Bonchev–Trinajstić information content (AvgIpc) is 2.62. The van der Waals surface area contributed by atoms with E-state index in [4.69, 9.17) is 23.2 Å². The van der Waals surface area contributed by atoms with Gasteiger partial charge in [0.25, 0.3) is 0 Å². The minimum atomic E-state index is -0.307. The lowest BCUT2D eigenvalue weighted by molar-refractivity contribution is -0.121. The highest BCUT2D eigenvalue weighted by molar-refractivity contribution is 6.32.